The minimum atomic E-state index is -0.534. The molecule has 0 radical (unpaired) electrons. The molecule has 0 aliphatic heterocycles. The molecule has 2 heterocycles. The molecule has 5 rings (SSSR count). The highest BCUT2D eigenvalue weighted by molar-refractivity contribution is 6.06. The fourth-order valence-electron chi connectivity index (χ4n) is 4.35. The number of benzene rings is 2. The molecular weight excluding hydrogens is 414 g/mol. The Morgan fingerprint density at radius 2 is 1.85 bits per heavy atom. The van der Waals surface area contributed by atoms with E-state index in [-0.39, 0.29) is 11.2 Å². The largest absolute Gasteiger partial charge is 0.453 e. The van der Waals surface area contributed by atoms with Crippen LogP contribution in [0.25, 0.3) is 10.9 Å². The number of carbonyl (C=O) groups excluding carboxylic acids is 1. The van der Waals surface area contributed by atoms with Crippen molar-refractivity contribution in [3.63, 3.8) is 0 Å². The molecule has 0 amide bonds. The molecule has 1 aliphatic carbocycles. The Bertz CT molecular complexity index is 1360. The van der Waals surface area contributed by atoms with Gasteiger partial charge in [-0.05, 0) is 43.0 Å². The Balaban J connectivity index is 1.49. The number of ether oxygens (including phenoxy) is 1. The van der Waals surface area contributed by atoms with Crippen LogP contribution in [0.2, 0.25) is 0 Å². The van der Waals surface area contributed by atoms with Crippen molar-refractivity contribution in [2.75, 3.05) is 5.43 Å². The lowest BCUT2D eigenvalue weighted by Gasteiger charge is -2.29. The van der Waals surface area contributed by atoms with Crippen LogP contribution in [0.5, 0.6) is 5.75 Å². The zero-order valence-electron chi connectivity index (χ0n) is 18.9. The van der Waals surface area contributed by atoms with Crippen LogP contribution in [0.4, 0.5) is 5.69 Å². The second-order valence-corrected chi connectivity index (χ2v) is 9.13. The van der Waals surface area contributed by atoms with Gasteiger partial charge in [-0.25, -0.2) is 4.79 Å². The molecule has 0 fully saturated rings. The van der Waals surface area contributed by atoms with Gasteiger partial charge in [-0.2, -0.15) is 5.10 Å². The predicted molar refractivity (Wildman–Crippen MR) is 129 cm³/mol. The number of fused-ring (bicyclic) bond motifs is 2. The van der Waals surface area contributed by atoms with E-state index >= 15 is 0 Å². The standard InChI is InChI=1S/C27H25N3O3/c1-17-23-20(30-29-19-11-5-4-6-12-19)15-27(2,3)16-22(23)32-25(17)26(31)33-21-13-7-9-18-10-8-14-28-24(18)21/h4-14,29H,15-16H2,1-3H3/b30-20-. The fraction of sp³-hybridized carbons (Fsp3) is 0.222. The van der Waals surface area contributed by atoms with Crippen LogP contribution in [0, 0.1) is 12.3 Å². The molecule has 33 heavy (non-hydrogen) atoms. The molecule has 1 aliphatic rings. The minimum Gasteiger partial charge on any atom is -0.453 e. The first-order valence-corrected chi connectivity index (χ1v) is 11.0. The number of nitrogens with one attached hydrogen (secondary N) is 1. The van der Waals surface area contributed by atoms with Gasteiger partial charge in [0.1, 0.15) is 11.3 Å². The second-order valence-electron chi connectivity index (χ2n) is 9.13. The highest BCUT2D eigenvalue weighted by Crippen LogP contribution is 2.39. The third-order valence-electron chi connectivity index (χ3n) is 5.87. The molecule has 0 bridgehead atoms. The summed E-state index contributed by atoms with van der Waals surface area (Å²) in [5, 5.41) is 5.60. The first kappa shape index (κ1) is 20.9. The number of nitrogens with zero attached hydrogens (tertiary/aromatic N) is 2. The van der Waals surface area contributed by atoms with Gasteiger partial charge < -0.3 is 9.15 Å². The van der Waals surface area contributed by atoms with Crippen LogP contribution >= 0.6 is 0 Å². The van der Waals surface area contributed by atoms with Gasteiger partial charge in [0.2, 0.25) is 5.76 Å². The van der Waals surface area contributed by atoms with Crippen molar-refractivity contribution in [2.45, 2.75) is 33.6 Å². The third-order valence-corrected chi connectivity index (χ3v) is 5.87. The predicted octanol–water partition coefficient (Wildman–Crippen LogP) is 6.14. The summed E-state index contributed by atoms with van der Waals surface area (Å²) < 4.78 is 11.8. The quantitative estimate of drug-likeness (QED) is 0.235. The molecule has 4 aromatic rings. The Kier molecular flexibility index (Phi) is 5.21. The summed E-state index contributed by atoms with van der Waals surface area (Å²) >= 11 is 0. The summed E-state index contributed by atoms with van der Waals surface area (Å²) in [6.07, 6.45) is 3.17. The third kappa shape index (κ3) is 4.12. The lowest BCUT2D eigenvalue weighted by molar-refractivity contribution is 0.0699. The lowest BCUT2D eigenvalue weighted by Crippen LogP contribution is -2.27. The van der Waals surface area contributed by atoms with Crippen molar-refractivity contribution >= 4 is 28.3 Å². The first-order valence-electron chi connectivity index (χ1n) is 11.0. The summed E-state index contributed by atoms with van der Waals surface area (Å²) in [6, 6.07) is 19.1. The molecule has 2 aromatic heterocycles. The second kappa shape index (κ2) is 8.20. The van der Waals surface area contributed by atoms with Crippen LogP contribution in [0.15, 0.2) is 76.4 Å². The number of hydrazone groups is 1. The van der Waals surface area contributed by atoms with E-state index < -0.39 is 5.97 Å². The van der Waals surface area contributed by atoms with Crippen molar-refractivity contribution in [3.05, 3.63) is 89.5 Å². The van der Waals surface area contributed by atoms with Crippen molar-refractivity contribution in [3.8, 4) is 5.75 Å². The molecule has 1 N–H and O–H groups in total. The molecule has 0 atom stereocenters. The Hall–Kier alpha value is -3.93. The fourth-order valence-corrected chi connectivity index (χ4v) is 4.35. The molecule has 0 spiro atoms. The van der Waals surface area contributed by atoms with Crippen LogP contribution in [-0.4, -0.2) is 16.7 Å². The lowest BCUT2D eigenvalue weighted by atomic mass is 9.75. The number of anilines is 1. The normalized spacial score (nSPS) is 15.9. The van der Waals surface area contributed by atoms with E-state index in [0.717, 1.165) is 46.5 Å². The molecule has 166 valence electrons. The summed E-state index contributed by atoms with van der Waals surface area (Å²) in [5.74, 6) is 0.846. The summed E-state index contributed by atoms with van der Waals surface area (Å²) in [7, 11) is 0. The number of hydrogen-bond donors (Lipinski definition) is 1. The number of rotatable bonds is 4. The number of esters is 1. The highest BCUT2D eigenvalue weighted by Gasteiger charge is 2.36. The van der Waals surface area contributed by atoms with E-state index in [1.165, 1.54) is 0 Å². The van der Waals surface area contributed by atoms with Gasteiger partial charge in [0.05, 0.1) is 11.4 Å². The number of pyridine rings is 1. The molecule has 0 saturated heterocycles. The van der Waals surface area contributed by atoms with Crippen molar-refractivity contribution in [1.82, 2.24) is 4.98 Å². The zero-order chi connectivity index (χ0) is 23.0. The van der Waals surface area contributed by atoms with Crippen LogP contribution in [0.1, 0.15) is 47.7 Å². The van der Waals surface area contributed by atoms with Crippen molar-refractivity contribution in [1.29, 1.82) is 0 Å². The highest BCUT2D eigenvalue weighted by atomic mass is 16.5. The minimum absolute atomic E-state index is 0.0464. The van der Waals surface area contributed by atoms with Crippen LogP contribution in [0.3, 0.4) is 0 Å². The maximum atomic E-state index is 13.1. The van der Waals surface area contributed by atoms with Gasteiger partial charge in [0, 0.05) is 29.1 Å². The number of hydrogen-bond acceptors (Lipinski definition) is 6. The summed E-state index contributed by atoms with van der Waals surface area (Å²) in [6.45, 7) is 6.23. The molecule has 6 heteroatoms. The van der Waals surface area contributed by atoms with Gasteiger partial charge in [0.25, 0.3) is 0 Å². The molecule has 0 saturated carbocycles. The van der Waals surface area contributed by atoms with E-state index in [4.69, 9.17) is 14.3 Å². The molecule has 0 unspecified atom stereocenters. The number of carbonyl (C=O) groups is 1. The Morgan fingerprint density at radius 1 is 1.06 bits per heavy atom. The van der Waals surface area contributed by atoms with Gasteiger partial charge >= 0.3 is 5.97 Å². The SMILES string of the molecule is Cc1c(C(=O)Oc2cccc3cccnc23)oc2c1/C(=N\Nc1ccccc1)CC(C)(C)C2. The van der Waals surface area contributed by atoms with E-state index in [1.54, 1.807) is 12.3 Å². The average molecular weight is 440 g/mol. The first-order chi connectivity index (χ1) is 15.9. The van der Waals surface area contributed by atoms with E-state index in [2.05, 4.69) is 24.3 Å². The van der Waals surface area contributed by atoms with Crippen molar-refractivity contribution < 1.29 is 13.9 Å². The van der Waals surface area contributed by atoms with E-state index in [9.17, 15) is 4.79 Å². The number of para-hydroxylation sites is 2. The molecule has 6 nitrogen and oxygen atoms in total. The summed E-state index contributed by atoms with van der Waals surface area (Å²) in [5.41, 5.74) is 7.14. The van der Waals surface area contributed by atoms with Crippen LogP contribution < -0.4 is 10.2 Å². The van der Waals surface area contributed by atoms with Gasteiger partial charge in [-0.15, -0.1) is 0 Å². The smallest absolute Gasteiger partial charge is 0.380 e. The average Bonchev–Trinajstić information content (AvgIpc) is 3.13. The van der Waals surface area contributed by atoms with E-state index in [1.807, 2.05) is 61.5 Å². The maximum Gasteiger partial charge on any atom is 0.380 e. The Morgan fingerprint density at radius 3 is 2.67 bits per heavy atom. The van der Waals surface area contributed by atoms with Gasteiger partial charge in [-0.3, -0.25) is 10.4 Å². The maximum absolute atomic E-state index is 13.1. The topological polar surface area (TPSA) is 76.7 Å². The van der Waals surface area contributed by atoms with Gasteiger partial charge in [0.15, 0.2) is 5.75 Å². The summed E-state index contributed by atoms with van der Waals surface area (Å²) in [4.78, 5) is 17.5. The van der Waals surface area contributed by atoms with Crippen LogP contribution in [-0.2, 0) is 6.42 Å². The zero-order valence-corrected chi connectivity index (χ0v) is 18.9. The van der Waals surface area contributed by atoms with E-state index in [0.29, 0.717) is 11.3 Å². The Labute approximate surface area is 192 Å². The molecule has 2 aromatic carbocycles. The molecular formula is C27H25N3O3. The van der Waals surface area contributed by atoms with Gasteiger partial charge in [-0.1, -0.05) is 50.2 Å². The number of aromatic nitrogens is 1. The number of furan rings is 1. The monoisotopic (exact) mass is 439 g/mol. The van der Waals surface area contributed by atoms with Crippen molar-refractivity contribution in [2.24, 2.45) is 10.5 Å².